The molecule has 0 heterocycles. The van der Waals surface area contributed by atoms with Crippen molar-refractivity contribution in [2.45, 2.75) is 58.8 Å². The van der Waals surface area contributed by atoms with Gasteiger partial charge in [0.1, 0.15) is 0 Å². The van der Waals surface area contributed by atoms with Crippen LogP contribution in [0.2, 0.25) is 0 Å². The first-order chi connectivity index (χ1) is 11.3. The Morgan fingerprint density at radius 3 is 2.61 bits per heavy atom. The van der Waals surface area contributed by atoms with Crippen molar-refractivity contribution < 1.29 is 4.74 Å². The highest BCUT2D eigenvalue weighted by Crippen LogP contribution is 2.41. The van der Waals surface area contributed by atoms with Gasteiger partial charge in [-0.25, -0.2) is 0 Å². The van der Waals surface area contributed by atoms with E-state index in [1.54, 1.807) is 0 Å². The standard InChI is InChI=1S/C18H37N3OS/c1-4-19-17(20-13-8-9-15-23-3)21-16-18(10-6-7-11-18)12-14-22-5-2/h4-16H2,1-3H3,(H2,19,20,21). The minimum atomic E-state index is 0.371. The molecule has 136 valence electrons. The number of nitrogens with one attached hydrogen (secondary N) is 2. The van der Waals surface area contributed by atoms with E-state index in [1.165, 1.54) is 44.3 Å². The summed E-state index contributed by atoms with van der Waals surface area (Å²) >= 11 is 1.92. The predicted molar refractivity (Wildman–Crippen MR) is 104 cm³/mol. The van der Waals surface area contributed by atoms with Gasteiger partial charge in [0.25, 0.3) is 0 Å². The van der Waals surface area contributed by atoms with Crippen LogP contribution >= 0.6 is 11.8 Å². The fourth-order valence-electron chi connectivity index (χ4n) is 3.21. The Morgan fingerprint density at radius 2 is 1.96 bits per heavy atom. The Balaban J connectivity index is 2.44. The van der Waals surface area contributed by atoms with Crippen molar-refractivity contribution in [1.29, 1.82) is 0 Å². The third-order valence-electron chi connectivity index (χ3n) is 4.63. The molecule has 2 N–H and O–H groups in total. The minimum Gasteiger partial charge on any atom is -0.382 e. The van der Waals surface area contributed by atoms with Gasteiger partial charge in [0, 0.05) is 32.8 Å². The van der Waals surface area contributed by atoms with Gasteiger partial charge >= 0.3 is 0 Å². The SMILES string of the molecule is CCNC(=NCC1(CCOCC)CCCC1)NCCCCSC. The van der Waals surface area contributed by atoms with Gasteiger partial charge in [-0.05, 0) is 63.4 Å². The lowest BCUT2D eigenvalue weighted by molar-refractivity contribution is 0.107. The molecule has 0 radical (unpaired) electrons. The molecule has 5 heteroatoms. The molecule has 0 aromatic heterocycles. The molecular weight excluding hydrogens is 306 g/mol. The second kappa shape index (κ2) is 12.9. The van der Waals surface area contributed by atoms with Crippen molar-refractivity contribution in [3.05, 3.63) is 0 Å². The summed E-state index contributed by atoms with van der Waals surface area (Å²) in [5.74, 6) is 2.23. The smallest absolute Gasteiger partial charge is 0.191 e. The number of unbranched alkanes of at least 4 members (excludes halogenated alkanes) is 1. The van der Waals surface area contributed by atoms with Crippen LogP contribution in [0.25, 0.3) is 0 Å². The van der Waals surface area contributed by atoms with Gasteiger partial charge < -0.3 is 15.4 Å². The summed E-state index contributed by atoms with van der Waals surface area (Å²) in [6, 6.07) is 0. The summed E-state index contributed by atoms with van der Waals surface area (Å²) in [6.07, 6.45) is 11.1. The molecule has 1 saturated carbocycles. The zero-order chi connectivity index (χ0) is 16.8. The van der Waals surface area contributed by atoms with Gasteiger partial charge in [0.2, 0.25) is 0 Å². The lowest BCUT2D eigenvalue weighted by Crippen LogP contribution is -2.39. The van der Waals surface area contributed by atoms with Crippen molar-refractivity contribution in [1.82, 2.24) is 10.6 Å². The van der Waals surface area contributed by atoms with Crippen LogP contribution in [0.15, 0.2) is 4.99 Å². The monoisotopic (exact) mass is 343 g/mol. The van der Waals surface area contributed by atoms with Crippen LogP contribution in [-0.2, 0) is 4.74 Å². The maximum Gasteiger partial charge on any atom is 0.191 e. The summed E-state index contributed by atoms with van der Waals surface area (Å²) in [4.78, 5) is 4.90. The van der Waals surface area contributed by atoms with Crippen LogP contribution < -0.4 is 10.6 Å². The zero-order valence-electron chi connectivity index (χ0n) is 15.5. The van der Waals surface area contributed by atoms with E-state index in [1.807, 2.05) is 11.8 Å². The molecule has 0 spiro atoms. The van der Waals surface area contributed by atoms with Crippen LogP contribution in [0.1, 0.15) is 58.8 Å². The summed E-state index contributed by atoms with van der Waals surface area (Å²) in [6.45, 7) is 8.76. The number of guanidine groups is 1. The van der Waals surface area contributed by atoms with Crippen molar-refractivity contribution in [2.24, 2.45) is 10.4 Å². The van der Waals surface area contributed by atoms with Gasteiger partial charge in [-0.1, -0.05) is 12.8 Å². The molecule has 23 heavy (non-hydrogen) atoms. The molecule has 0 unspecified atom stereocenters. The van der Waals surface area contributed by atoms with E-state index in [-0.39, 0.29) is 0 Å². The van der Waals surface area contributed by atoms with Gasteiger partial charge in [-0.3, -0.25) is 4.99 Å². The quantitative estimate of drug-likeness (QED) is 0.322. The van der Waals surface area contributed by atoms with E-state index >= 15 is 0 Å². The number of hydrogen-bond donors (Lipinski definition) is 2. The van der Waals surface area contributed by atoms with Crippen LogP contribution in [0, 0.1) is 5.41 Å². The highest BCUT2D eigenvalue weighted by molar-refractivity contribution is 7.98. The second-order valence-corrected chi connectivity index (χ2v) is 7.46. The number of ether oxygens (including phenoxy) is 1. The number of hydrogen-bond acceptors (Lipinski definition) is 3. The minimum absolute atomic E-state index is 0.371. The predicted octanol–water partition coefficient (Wildman–Crippen LogP) is 3.67. The molecule has 0 aromatic carbocycles. The van der Waals surface area contributed by atoms with Crippen molar-refractivity contribution in [2.75, 3.05) is 44.9 Å². The van der Waals surface area contributed by atoms with Crippen LogP contribution in [-0.4, -0.2) is 50.8 Å². The van der Waals surface area contributed by atoms with Crippen molar-refractivity contribution in [3.8, 4) is 0 Å². The molecule has 0 saturated heterocycles. The molecular formula is C18H37N3OS. The average molecular weight is 344 g/mol. The molecule has 1 fully saturated rings. The van der Waals surface area contributed by atoms with Gasteiger partial charge in [-0.2, -0.15) is 11.8 Å². The normalized spacial score (nSPS) is 17.4. The number of thioether (sulfide) groups is 1. The maximum absolute atomic E-state index is 5.60. The van der Waals surface area contributed by atoms with Crippen LogP contribution in [0.3, 0.4) is 0 Å². The molecule has 0 atom stereocenters. The van der Waals surface area contributed by atoms with E-state index in [9.17, 15) is 0 Å². The number of rotatable bonds is 12. The topological polar surface area (TPSA) is 45.7 Å². The number of nitrogens with zero attached hydrogens (tertiary/aromatic N) is 1. The van der Waals surface area contributed by atoms with Crippen molar-refractivity contribution >= 4 is 17.7 Å². The summed E-state index contributed by atoms with van der Waals surface area (Å²) in [7, 11) is 0. The lowest BCUT2D eigenvalue weighted by atomic mass is 9.83. The Bertz CT molecular complexity index is 317. The first-order valence-electron chi connectivity index (χ1n) is 9.35. The van der Waals surface area contributed by atoms with E-state index in [0.717, 1.165) is 45.2 Å². The Hall–Kier alpha value is -0.420. The van der Waals surface area contributed by atoms with E-state index in [2.05, 4.69) is 30.7 Å². The lowest BCUT2D eigenvalue weighted by Gasteiger charge is -2.27. The Morgan fingerprint density at radius 1 is 1.17 bits per heavy atom. The fraction of sp³-hybridized carbons (Fsp3) is 0.944. The maximum atomic E-state index is 5.60. The third-order valence-corrected chi connectivity index (χ3v) is 5.33. The molecule has 1 aliphatic carbocycles. The first-order valence-corrected chi connectivity index (χ1v) is 10.7. The molecule has 0 bridgehead atoms. The van der Waals surface area contributed by atoms with E-state index < -0.39 is 0 Å². The van der Waals surface area contributed by atoms with E-state index in [4.69, 9.17) is 9.73 Å². The molecule has 4 nitrogen and oxygen atoms in total. The van der Waals surface area contributed by atoms with Gasteiger partial charge in [0.15, 0.2) is 5.96 Å². The largest absolute Gasteiger partial charge is 0.382 e. The molecule has 0 aliphatic heterocycles. The van der Waals surface area contributed by atoms with Gasteiger partial charge in [0.05, 0.1) is 0 Å². The molecule has 1 rings (SSSR count). The summed E-state index contributed by atoms with van der Waals surface area (Å²) in [5.41, 5.74) is 0.371. The zero-order valence-corrected chi connectivity index (χ0v) is 16.3. The molecule has 0 aromatic rings. The average Bonchev–Trinajstić information content (AvgIpc) is 3.02. The summed E-state index contributed by atoms with van der Waals surface area (Å²) < 4.78 is 5.60. The number of aliphatic imine (C=N–C) groups is 1. The Labute approximate surface area is 147 Å². The van der Waals surface area contributed by atoms with Crippen LogP contribution in [0.4, 0.5) is 0 Å². The van der Waals surface area contributed by atoms with E-state index in [0.29, 0.717) is 5.41 Å². The first kappa shape index (κ1) is 20.6. The van der Waals surface area contributed by atoms with Gasteiger partial charge in [-0.15, -0.1) is 0 Å². The van der Waals surface area contributed by atoms with Crippen molar-refractivity contribution in [3.63, 3.8) is 0 Å². The highest BCUT2D eigenvalue weighted by Gasteiger charge is 2.33. The Kier molecular flexibility index (Phi) is 11.6. The van der Waals surface area contributed by atoms with Crippen LogP contribution in [0.5, 0.6) is 0 Å². The molecule has 0 amide bonds. The third kappa shape index (κ3) is 8.85. The molecule has 1 aliphatic rings. The second-order valence-electron chi connectivity index (χ2n) is 6.48. The fourth-order valence-corrected chi connectivity index (χ4v) is 3.70. The highest BCUT2D eigenvalue weighted by atomic mass is 32.2. The summed E-state index contributed by atoms with van der Waals surface area (Å²) in [5, 5.41) is 6.87.